The van der Waals surface area contributed by atoms with Crippen LogP contribution in [0.1, 0.15) is 0 Å². The van der Waals surface area contributed by atoms with Gasteiger partial charge >= 0.3 is 0 Å². The summed E-state index contributed by atoms with van der Waals surface area (Å²) >= 11 is 1.93. The maximum Gasteiger partial charge on any atom is 0.136 e. The zero-order valence-corrected chi connectivity index (χ0v) is 23.8. The number of para-hydroxylation sites is 3. The van der Waals surface area contributed by atoms with Crippen LogP contribution in [-0.4, -0.2) is 21.1 Å². The topological polar surface area (TPSA) is 33.4 Å². The molecule has 2 unspecified atom stereocenters. The quantitative estimate of drug-likeness (QED) is 0.207. The first-order valence-electron chi connectivity index (χ1n) is 14.9. The van der Waals surface area contributed by atoms with Gasteiger partial charge in [0.15, 0.2) is 0 Å². The Balaban J connectivity index is 1.48. The molecule has 0 amide bonds. The summed E-state index contributed by atoms with van der Waals surface area (Å²) in [6, 6.07) is 36.0. The fourth-order valence-electron chi connectivity index (χ4n) is 7.98. The van der Waals surface area contributed by atoms with Crippen LogP contribution in [0.2, 0.25) is 0 Å². The molecule has 202 valence electrons. The molecule has 0 bridgehead atoms. The van der Waals surface area contributed by atoms with Crippen LogP contribution >= 0.6 is 11.3 Å². The second-order valence-electron chi connectivity index (χ2n) is 11.8. The summed E-state index contributed by atoms with van der Waals surface area (Å²) < 4.78 is 7.73. The zero-order chi connectivity index (χ0) is 27.8. The van der Waals surface area contributed by atoms with Gasteiger partial charge < -0.3 is 15.2 Å². The van der Waals surface area contributed by atoms with Gasteiger partial charge in [-0.2, -0.15) is 0 Å². The minimum absolute atomic E-state index is 0.187. The van der Waals surface area contributed by atoms with E-state index in [1.165, 1.54) is 80.5 Å². The third-order valence-electron chi connectivity index (χ3n) is 9.65. The number of fused-ring (bicyclic) bond motifs is 16. The Labute approximate surface area is 250 Å². The van der Waals surface area contributed by atoms with Gasteiger partial charge in [-0.3, -0.25) is 4.40 Å². The fourth-order valence-corrected chi connectivity index (χ4v) is 9.25. The average Bonchev–Trinajstić information content (AvgIpc) is 3.79. The molecule has 0 saturated heterocycles. The average molecular weight is 569 g/mol. The molecule has 0 fully saturated rings. The summed E-state index contributed by atoms with van der Waals surface area (Å²) in [5, 5.41) is 17.1. The first-order chi connectivity index (χ1) is 21.4. The molecule has 1 aliphatic carbocycles. The third-order valence-corrected chi connectivity index (χ3v) is 10.8. The normalized spacial score (nSPS) is 18.0. The summed E-state index contributed by atoms with van der Waals surface area (Å²) in [5.41, 5.74) is 7.41. The molecule has 5 heteroatoms. The van der Waals surface area contributed by atoms with Gasteiger partial charge in [0.05, 0.1) is 39.8 Å². The molecule has 2 atom stereocenters. The molecule has 11 rings (SSSR count). The summed E-state index contributed by atoms with van der Waals surface area (Å²) in [5.74, 6) is 1.15. The summed E-state index contributed by atoms with van der Waals surface area (Å²) in [7, 11) is 0. The van der Waals surface area contributed by atoms with Crippen LogP contribution < -0.4 is 10.6 Å². The highest BCUT2D eigenvalue weighted by atomic mass is 32.1. The lowest BCUT2D eigenvalue weighted by atomic mass is 9.98. The van der Waals surface area contributed by atoms with Crippen molar-refractivity contribution in [1.29, 1.82) is 0 Å². The number of hydrogen-bond acceptors (Lipinski definition) is 3. The van der Waals surface area contributed by atoms with Gasteiger partial charge in [0, 0.05) is 52.8 Å². The Hall–Kier alpha value is -5.26. The smallest absolute Gasteiger partial charge is 0.136 e. The number of aromatic nitrogens is 2. The first kappa shape index (κ1) is 22.4. The van der Waals surface area contributed by atoms with Crippen LogP contribution in [0.25, 0.3) is 74.9 Å². The Morgan fingerprint density at radius 2 is 1.28 bits per heavy atom. The van der Waals surface area contributed by atoms with E-state index >= 15 is 0 Å². The number of benzene rings is 5. The van der Waals surface area contributed by atoms with E-state index < -0.39 is 0 Å². The molecule has 5 aromatic carbocycles. The second-order valence-corrected chi connectivity index (χ2v) is 12.9. The van der Waals surface area contributed by atoms with Crippen molar-refractivity contribution in [3.63, 3.8) is 0 Å². The van der Waals surface area contributed by atoms with Crippen molar-refractivity contribution in [3.8, 4) is 5.69 Å². The zero-order valence-electron chi connectivity index (χ0n) is 23.0. The lowest BCUT2D eigenvalue weighted by Crippen LogP contribution is -2.41. The minimum atomic E-state index is 0.187. The van der Waals surface area contributed by atoms with Crippen molar-refractivity contribution in [2.75, 3.05) is 10.6 Å². The summed E-state index contributed by atoms with van der Waals surface area (Å²) in [6.45, 7) is 0. The highest BCUT2D eigenvalue weighted by Gasteiger charge is 2.34. The van der Waals surface area contributed by atoms with Gasteiger partial charge in [0.1, 0.15) is 5.82 Å². The van der Waals surface area contributed by atoms with E-state index in [9.17, 15) is 0 Å². The van der Waals surface area contributed by atoms with Crippen LogP contribution in [0.4, 0.5) is 11.5 Å². The van der Waals surface area contributed by atoms with Crippen molar-refractivity contribution in [2.24, 2.45) is 0 Å². The van der Waals surface area contributed by atoms with Crippen LogP contribution in [0.15, 0.2) is 121 Å². The SMILES string of the molecule is C1=CC2Nc3c(n4c5c3cccc5c3c5c6ccccc6sc5c5c6ccccc6n(-c6ccccc6)c5c34)NC2C=C1. The maximum atomic E-state index is 3.97. The van der Waals surface area contributed by atoms with E-state index in [0.29, 0.717) is 0 Å². The molecule has 1 aliphatic heterocycles. The Kier molecular flexibility index (Phi) is 4.04. The molecule has 0 saturated carbocycles. The summed E-state index contributed by atoms with van der Waals surface area (Å²) in [4.78, 5) is 0. The van der Waals surface area contributed by atoms with Crippen LogP contribution in [0.5, 0.6) is 0 Å². The Bertz CT molecular complexity index is 2680. The van der Waals surface area contributed by atoms with E-state index in [4.69, 9.17) is 0 Å². The number of anilines is 2. The van der Waals surface area contributed by atoms with E-state index in [-0.39, 0.29) is 12.1 Å². The maximum absolute atomic E-state index is 3.97. The van der Waals surface area contributed by atoms with Gasteiger partial charge in [-0.1, -0.05) is 97.1 Å². The Morgan fingerprint density at radius 1 is 0.558 bits per heavy atom. The largest absolute Gasteiger partial charge is 0.373 e. The molecule has 4 nitrogen and oxygen atoms in total. The van der Waals surface area contributed by atoms with E-state index in [2.05, 4.69) is 141 Å². The monoisotopic (exact) mass is 568 g/mol. The number of hydrogen-bond donors (Lipinski definition) is 2. The molecule has 43 heavy (non-hydrogen) atoms. The number of nitrogens with zero attached hydrogens (tertiary/aromatic N) is 2. The molecular formula is C38H24N4S. The molecule has 4 aromatic heterocycles. The number of allylic oxidation sites excluding steroid dienone is 2. The summed E-state index contributed by atoms with van der Waals surface area (Å²) in [6.07, 6.45) is 8.83. The standard InChI is InChI=1S/C38H24N4S/c1-2-11-21(12-3-1)41-28-19-8-4-13-22(28)32-36(41)35-30(31-23-14-5-9-20-29(23)43-37(31)32)24-15-10-16-25-33-38(42(35)34(24)25)40-27-18-7-6-17-26(27)39-33/h1-20,26-27,39-40H. The number of nitrogens with one attached hydrogen (secondary N) is 2. The molecule has 2 aliphatic rings. The van der Waals surface area contributed by atoms with Crippen LogP contribution in [0.3, 0.4) is 0 Å². The Morgan fingerprint density at radius 3 is 2.16 bits per heavy atom. The molecule has 0 radical (unpaired) electrons. The lowest BCUT2D eigenvalue weighted by Gasteiger charge is -2.33. The van der Waals surface area contributed by atoms with Gasteiger partial charge in [-0.25, -0.2) is 0 Å². The van der Waals surface area contributed by atoms with Gasteiger partial charge in [0.25, 0.3) is 0 Å². The number of thiophene rings is 1. The molecule has 0 spiro atoms. The van der Waals surface area contributed by atoms with Crippen molar-refractivity contribution in [2.45, 2.75) is 12.1 Å². The van der Waals surface area contributed by atoms with Crippen molar-refractivity contribution >= 4 is 92.0 Å². The molecule has 9 aromatic rings. The molecule has 5 heterocycles. The predicted molar refractivity (Wildman–Crippen MR) is 184 cm³/mol. The van der Waals surface area contributed by atoms with E-state index in [0.717, 1.165) is 5.82 Å². The third kappa shape index (κ3) is 2.63. The minimum Gasteiger partial charge on any atom is -0.373 e. The highest BCUT2D eigenvalue weighted by Crippen LogP contribution is 2.53. The second kappa shape index (κ2) is 7.77. The van der Waals surface area contributed by atoms with Crippen LogP contribution in [0, 0.1) is 0 Å². The fraction of sp³-hybridized carbons (Fsp3) is 0.0526. The predicted octanol–water partition coefficient (Wildman–Crippen LogP) is 9.85. The van der Waals surface area contributed by atoms with Crippen molar-refractivity contribution in [1.82, 2.24) is 8.97 Å². The lowest BCUT2D eigenvalue weighted by molar-refractivity contribution is 0.760. The van der Waals surface area contributed by atoms with Gasteiger partial charge in [-0.05, 0) is 24.3 Å². The van der Waals surface area contributed by atoms with Crippen LogP contribution in [-0.2, 0) is 0 Å². The van der Waals surface area contributed by atoms with Crippen molar-refractivity contribution < 1.29 is 0 Å². The van der Waals surface area contributed by atoms with E-state index in [1.807, 2.05) is 11.3 Å². The number of rotatable bonds is 1. The van der Waals surface area contributed by atoms with Crippen molar-refractivity contribution in [3.05, 3.63) is 121 Å². The molecular weight excluding hydrogens is 545 g/mol. The highest BCUT2D eigenvalue weighted by molar-refractivity contribution is 7.27. The van der Waals surface area contributed by atoms with E-state index in [1.54, 1.807) is 0 Å². The van der Waals surface area contributed by atoms with Gasteiger partial charge in [-0.15, -0.1) is 11.3 Å². The first-order valence-corrected chi connectivity index (χ1v) is 15.7. The molecule has 2 N–H and O–H groups in total. The van der Waals surface area contributed by atoms with Gasteiger partial charge in [0.2, 0.25) is 0 Å².